The molecule has 0 amide bonds. The summed E-state index contributed by atoms with van der Waals surface area (Å²) in [5.41, 5.74) is 0. The summed E-state index contributed by atoms with van der Waals surface area (Å²) < 4.78 is 0. The van der Waals surface area contributed by atoms with Crippen molar-refractivity contribution in [3.05, 3.63) is 31.2 Å². The van der Waals surface area contributed by atoms with Gasteiger partial charge in [-0.15, -0.1) is 0 Å². The maximum absolute atomic E-state index is 3.83. The molecule has 0 nitrogen and oxygen atoms in total. The molecule has 0 aromatic carbocycles. The first kappa shape index (κ1) is 16.5. The molecule has 0 unspecified atom stereocenters. The number of allylic oxidation sites excluding steroid dienone is 4. The standard InChI is InChI=1S/C17H31/c1-3-5-7-9-11-13-15-17-16-14-12-10-8-6-4-2/h9,11,15,17H,1,3-8,10,12-14,16H2,2H3/b11-9+,17-15+. The van der Waals surface area contributed by atoms with Crippen LogP contribution in [0.4, 0.5) is 0 Å². The maximum Gasteiger partial charge on any atom is -0.0169 e. The van der Waals surface area contributed by atoms with Gasteiger partial charge in [-0.3, -0.25) is 0 Å². The lowest BCUT2D eigenvalue weighted by atomic mass is 10.1. The van der Waals surface area contributed by atoms with Crippen LogP contribution in [0.25, 0.3) is 0 Å². The summed E-state index contributed by atoms with van der Waals surface area (Å²) >= 11 is 0. The van der Waals surface area contributed by atoms with E-state index in [0.29, 0.717) is 0 Å². The molecular weight excluding hydrogens is 204 g/mol. The van der Waals surface area contributed by atoms with Crippen LogP contribution in [0.1, 0.15) is 77.6 Å². The van der Waals surface area contributed by atoms with Gasteiger partial charge in [0.15, 0.2) is 0 Å². The van der Waals surface area contributed by atoms with Crippen LogP contribution >= 0.6 is 0 Å². The van der Waals surface area contributed by atoms with Crippen LogP contribution in [0, 0.1) is 6.92 Å². The van der Waals surface area contributed by atoms with Gasteiger partial charge in [-0.1, -0.05) is 76.7 Å². The molecule has 0 spiro atoms. The molecule has 0 aliphatic heterocycles. The molecule has 0 aliphatic carbocycles. The Hall–Kier alpha value is -0.520. The van der Waals surface area contributed by atoms with E-state index in [4.69, 9.17) is 0 Å². The highest BCUT2D eigenvalue weighted by molar-refractivity contribution is 4.92. The normalized spacial score (nSPS) is 11.9. The minimum absolute atomic E-state index is 1.05. The van der Waals surface area contributed by atoms with Crippen LogP contribution in [0.15, 0.2) is 24.3 Å². The Balaban J connectivity index is 3.11. The Morgan fingerprint density at radius 1 is 0.706 bits per heavy atom. The second-order valence-electron chi connectivity index (χ2n) is 4.73. The van der Waals surface area contributed by atoms with Gasteiger partial charge < -0.3 is 0 Å². The molecule has 0 saturated carbocycles. The molecule has 0 heterocycles. The second kappa shape index (κ2) is 15.5. The molecule has 0 aromatic heterocycles. The summed E-state index contributed by atoms with van der Waals surface area (Å²) in [7, 11) is 0. The van der Waals surface area contributed by atoms with Gasteiger partial charge in [0.2, 0.25) is 0 Å². The molecular formula is C17H31. The largest absolute Gasteiger partial charge is 0.0882 e. The van der Waals surface area contributed by atoms with Gasteiger partial charge in [0.25, 0.3) is 0 Å². The lowest BCUT2D eigenvalue weighted by molar-refractivity contribution is 0.611. The number of rotatable bonds is 12. The Morgan fingerprint density at radius 2 is 1.29 bits per heavy atom. The molecule has 0 saturated heterocycles. The number of hydrogen-bond acceptors (Lipinski definition) is 0. The topological polar surface area (TPSA) is 0 Å². The Labute approximate surface area is 109 Å². The first-order valence-electron chi connectivity index (χ1n) is 7.51. The minimum Gasteiger partial charge on any atom is -0.0882 e. The second-order valence-corrected chi connectivity index (χ2v) is 4.73. The molecule has 0 fully saturated rings. The molecule has 17 heavy (non-hydrogen) atoms. The van der Waals surface area contributed by atoms with Gasteiger partial charge in [-0.05, 0) is 32.1 Å². The van der Waals surface area contributed by atoms with Gasteiger partial charge in [0, 0.05) is 0 Å². The summed E-state index contributed by atoms with van der Waals surface area (Å²) in [6.45, 7) is 6.10. The zero-order chi connectivity index (χ0) is 12.6. The van der Waals surface area contributed by atoms with Crippen molar-refractivity contribution in [2.24, 2.45) is 0 Å². The fourth-order valence-electron chi connectivity index (χ4n) is 1.81. The molecule has 0 rings (SSSR count). The molecule has 0 atom stereocenters. The van der Waals surface area contributed by atoms with E-state index in [1.54, 1.807) is 0 Å². The van der Waals surface area contributed by atoms with Crippen LogP contribution in [-0.2, 0) is 0 Å². The summed E-state index contributed by atoms with van der Waals surface area (Å²) in [6, 6.07) is 0. The average Bonchev–Trinajstić information content (AvgIpc) is 2.35. The van der Waals surface area contributed by atoms with Gasteiger partial charge in [0.05, 0.1) is 0 Å². The lowest BCUT2D eigenvalue weighted by Crippen LogP contribution is -1.77. The number of hydrogen-bond donors (Lipinski definition) is 0. The predicted octanol–water partition coefficient (Wildman–Crippen LogP) is 6.24. The van der Waals surface area contributed by atoms with Gasteiger partial charge >= 0.3 is 0 Å². The first-order chi connectivity index (χ1) is 8.41. The van der Waals surface area contributed by atoms with Crippen molar-refractivity contribution in [3.63, 3.8) is 0 Å². The quantitative estimate of drug-likeness (QED) is 0.277. The van der Waals surface area contributed by atoms with Crippen molar-refractivity contribution in [2.45, 2.75) is 77.6 Å². The summed E-state index contributed by atoms with van der Waals surface area (Å²) in [4.78, 5) is 0. The molecule has 0 aromatic rings. The van der Waals surface area contributed by atoms with E-state index in [9.17, 15) is 0 Å². The summed E-state index contributed by atoms with van der Waals surface area (Å²) in [5, 5.41) is 0. The van der Waals surface area contributed by atoms with E-state index in [1.807, 2.05) is 0 Å². The van der Waals surface area contributed by atoms with E-state index >= 15 is 0 Å². The highest BCUT2D eigenvalue weighted by atomic mass is 13.9. The SMILES string of the molecule is [CH2]CCC/C=C/C/C=C/CCCCCCCC. The molecule has 0 aliphatic rings. The monoisotopic (exact) mass is 235 g/mol. The Bertz CT molecular complexity index is 176. The van der Waals surface area contributed by atoms with E-state index in [-0.39, 0.29) is 0 Å². The summed E-state index contributed by atoms with van der Waals surface area (Å²) in [6.07, 6.45) is 23.4. The van der Waals surface area contributed by atoms with E-state index < -0.39 is 0 Å². The van der Waals surface area contributed by atoms with Crippen molar-refractivity contribution >= 4 is 0 Å². The van der Waals surface area contributed by atoms with Crippen LogP contribution in [0.2, 0.25) is 0 Å². The lowest BCUT2D eigenvalue weighted by Gasteiger charge is -1.97. The van der Waals surface area contributed by atoms with Crippen molar-refractivity contribution in [2.75, 3.05) is 0 Å². The van der Waals surface area contributed by atoms with E-state index in [1.165, 1.54) is 57.8 Å². The van der Waals surface area contributed by atoms with E-state index in [0.717, 1.165) is 12.8 Å². The van der Waals surface area contributed by atoms with Crippen molar-refractivity contribution in [3.8, 4) is 0 Å². The Kier molecular flexibility index (Phi) is 15.0. The van der Waals surface area contributed by atoms with Crippen LogP contribution in [0.3, 0.4) is 0 Å². The molecule has 1 radical (unpaired) electrons. The predicted molar refractivity (Wildman–Crippen MR) is 80.1 cm³/mol. The number of unbranched alkanes of at least 4 members (excludes halogenated alkanes) is 8. The van der Waals surface area contributed by atoms with Gasteiger partial charge in [-0.2, -0.15) is 0 Å². The third-order valence-electron chi connectivity index (χ3n) is 2.95. The molecule has 99 valence electrons. The third-order valence-corrected chi connectivity index (χ3v) is 2.95. The maximum atomic E-state index is 3.83. The highest BCUT2D eigenvalue weighted by Gasteiger charge is 1.87. The first-order valence-corrected chi connectivity index (χ1v) is 7.51. The van der Waals surface area contributed by atoms with Crippen LogP contribution in [-0.4, -0.2) is 0 Å². The minimum atomic E-state index is 1.05. The van der Waals surface area contributed by atoms with Crippen molar-refractivity contribution in [1.29, 1.82) is 0 Å². The summed E-state index contributed by atoms with van der Waals surface area (Å²) in [5.74, 6) is 0. The molecule has 0 N–H and O–H groups in total. The zero-order valence-corrected chi connectivity index (χ0v) is 11.8. The van der Waals surface area contributed by atoms with Gasteiger partial charge in [0.1, 0.15) is 0 Å². The van der Waals surface area contributed by atoms with Crippen LogP contribution in [0.5, 0.6) is 0 Å². The molecule has 0 heteroatoms. The van der Waals surface area contributed by atoms with E-state index in [2.05, 4.69) is 38.2 Å². The fraction of sp³-hybridized carbons (Fsp3) is 0.706. The molecule has 0 bridgehead atoms. The van der Waals surface area contributed by atoms with Crippen molar-refractivity contribution < 1.29 is 0 Å². The Morgan fingerprint density at radius 3 is 1.94 bits per heavy atom. The average molecular weight is 235 g/mol. The van der Waals surface area contributed by atoms with Crippen molar-refractivity contribution in [1.82, 2.24) is 0 Å². The van der Waals surface area contributed by atoms with Gasteiger partial charge in [-0.25, -0.2) is 0 Å². The smallest absolute Gasteiger partial charge is 0.0169 e. The zero-order valence-electron chi connectivity index (χ0n) is 11.8. The fourth-order valence-corrected chi connectivity index (χ4v) is 1.81. The third kappa shape index (κ3) is 15.5. The highest BCUT2D eigenvalue weighted by Crippen LogP contribution is 2.07. The van der Waals surface area contributed by atoms with Crippen LogP contribution < -0.4 is 0 Å².